The average molecular weight is 667 g/mol. The van der Waals surface area contributed by atoms with Crippen LogP contribution in [0.5, 0.6) is 0 Å². The Labute approximate surface area is 278 Å². The number of hydrogen-bond donors (Lipinski definition) is 10. The molecule has 260 valence electrons. The summed E-state index contributed by atoms with van der Waals surface area (Å²) in [5.41, 5.74) is 29.7. The fourth-order valence-corrected chi connectivity index (χ4v) is 4.53. The Balaban J connectivity index is 2.26. The quantitative estimate of drug-likeness (QED) is 0.0314. The smallest absolute Gasteiger partial charge is 0.243 e. The monoisotopic (exact) mass is 666 g/mol. The molecule has 3 unspecified atom stereocenters. The Morgan fingerprint density at radius 2 is 1.40 bits per heavy atom. The van der Waals surface area contributed by atoms with Crippen LogP contribution in [-0.2, 0) is 32.1 Å². The molecule has 48 heavy (non-hydrogen) atoms. The molecule has 0 saturated heterocycles. The van der Waals surface area contributed by atoms with Crippen LogP contribution >= 0.6 is 0 Å². The molecule has 0 aliphatic carbocycles. The van der Waals surface area contributed by atoms with Gasteiger partial charge in [-0.1, -0.05) is 55.4 Å². The molecular formula is C31H46N12O5. The first-order valence-electron chi connectivity index (χ1n) is 15.2. The Morgan fingerprint density at radius 1 is 0.771 bits per heavy atom. The molecule has 0 saturated carbocycles. The van der Waals surface area contributed by atoms with E-state index in [4.69, 9.17) is 33.9 Å². The highest BCUT2D eigenvalue weighted by atomic mass is 16.4. The van der Waals surface area contributed by atoms with Gasteiger partial charge in [0, 0.05) is 32.0 Å². The maximum Gasteiger partial charge on any atom is 0.243 e. The van der Waals surface area contributed by atoms with E-state index in [-0.39, 0.29) is 49.6 Å². The Hall–Kier alpha value is -5.87. The number of guanidine groups is 2. The van der Waals surface area contributed by atoms with Gasteiger partial charge in [0.2, 0.25) is 23.6 Å². The molecule has 0 aliphatic heterocycles. The SMILES string of the molecule is CC(=O)NC(CCCN=C(N)N)C(=O)NC(C(=O)NC(Cc1ccc(N=C(N)N)cc1)C(=O)NCc1ccc(C(N)=NO)cc1)C(C)C. The molecule has 0 radical (unpaired) electrons. The van der Waals surface area contributed by atoms with Gasteiger partial charge < -0.3 is 55.1 Å². The Morgan fingerprint density at radius 3 is 1.94 bits per heavy atom. The zero-order valence-corrected chi connectivity index (χ0v) is 27.3. The van der Waals surface area contributed by atoms with Crippen molar-refractivity contribution in [1.82, 2.24) is 21.3 Å². The van der Waals surface area contributed by atoms with Crippen LogP contribution in [0.2, 0.25) is 0 Å². The van der Waals surface area contributed by atoms with Gasteiger partial charge in [-0.25, -0.2) is 4.99 Å². The van der Waals surface area contributed by atoms with E-state index in [0.29, 0.717) is 23.2 Å². The number of rotatable bonds is 17. The van der Waals surface area contributed by atoms with E-state index in [1.54, 1.807) is 62.4 Å². The molecule has 17 heteroatoms. The molecule has 4 amide bonds. The minimum Gasteiger partial charge on any atom is -0.409 e. The first kappa shape index (κ1) is 38.3. The number of aliphatic imine (C=N–C) groups is 2. The fourth-order valence-electron chi connectivity index (χ4n) is 4.53. The number of hydrogen-bond acceptors (Lipinski definition) is 8. The van der Waals surface area contributed by atoms with Crippen molar-refractivity contribution in [3.63, 3.8) is 0 Å². The fraction of sp³-hybridized carbons (Fsp3) is 0.387. The van der Waals surface area contributed by atoms with Crippen molar-refractivity contribution in [1.29, 1.82) is 0 Å². The summed E-state index contributed by atoms with van der Waals surface area (Å²) in [6.45, 7) is 5.13. The summed E-state index contributed by atoms with van der Waals surface area (Å²) < 4.78 is 0. The lowest BCUT2D eigenvalue weighted by atomic mass is 10.00. The van der Waals surface area contributed by atoms with Gasteiger partial charge in [-0.05, 0) is 42.0 Å². The molecule has 0 heterocycles. The van der Waals surface area contributed by atoms with E-state index in [2.05, 4.69) is 36.4 Å². The van der Waals surface area contributed by atoms with E-state index in [1.807, 2.05) is 0 Å². The van der Waals surface area contributed by atoms with Crippen molar-refractivity contribution < 1.29 is 24.4 Å². The first-order valence-corrected chi connectivity index (χ1v) is 15.2. The highest BCUT2D eigenvalue weighted by Gasteiger charge is 2.31. The third-order valence-electron chi connectivity index (χ3n) is 6.98. The van der Waals surface area contributed by atoms with Crippen LogP contribution in [0, 0.1) is 5.92 Å². The summed E-state index contributed by atoms with van der Waals surface area (Å²) in [6.07, 6.45) is 0.709. The number of amides is 4. The summed E-state index contributed by atoms with van der Waals surface area (Å²) in [4.78, 5) is 60.1. The molecule has 0 bridgehead atoms. The van der Waals surface area contributed by atoms with E-state index in [0.717, 1.165) is 5.56 Å². The number of nitrogens with zero attached hydrogens (tertiary/aromatic N) is 3. The molecule has 0 spiro atoms. The van der Waals surface area contributed by atoms with E-state index in [1.165, 1.54) is 6.92 Å². The molecule has 17 nitrogen and oxygen atoms in total. The average Bonchev–Trinajstić information content (AvgIpc) is 3.03. The van der Waals surface area contributed by atoms with Gasteiger partial charge in [0.05, 0.1) is 5.69 Å². The normalized spacial score (nSPS) is 13.0. The third-order valence-corrected chi connectivity index (χ3v) is 6.98. The van der Waals surface area contributed by atoms with Gasteiger partial charge in [-0.15, -0.1) is 0 Å². The van der Waals surface area contributed by atoms with E-state index >= 15 is 0 Å². The second-order valence-corrected chi connectivity index (χ2v) is 11.3. The molecule has 0 fully saturated rings. The second kappa shape index (κ2) is 18.9. The lowest BCUT2D eigenvalue weighted by Gasteiger charge is -2.27. The number of carbonyl (C=O) groups excluding carboxylic acids is 4. The van der Waals surface area contributed by atoms with Crippen molar-refractivity contribution in [2.45, 2.75) is 64.7 Å². The van der Waals surface area contributed by atoms with E-state index < -0.39 is 41.8 Å². The predicted molar refractivity (Wildman–Crippen MR) is 183 cm³/mol. The van der Waals surface area contributed by atoms with Crippen molar-refractivity contribution >= 4 is 47.1 Å². The maximum absolute atomic E-state index is 13.7. The van der Waals surface area contributed by atoms with Crippen LogP contribution in [0.15, 0.2) is 63.7 Å². The van der Waals surface area contributed by atoms with Crippen LogP contribution in [0.1, 0.15) is 50.3 Å². The topological polar surface area (TPSA) is 304 Å². The predicted octanol–water partition coefficient (Wildman–Crippen LogP) is -1.27. The maximum atomic E-state index is 13.7. The number of nitrogens with one attached hydrogen (secondary N) is 4. The van der Waals surface area contributed by atoms with Crippen molar-refractivity contribution in [2.24, 2.45) is 49.7 Å². The molecular weight excluding hydrogens is 620 g/mol. The zero-order valence-electron chi connectivity index (χ0n) is 27.3. The molecule has 0 aliphatic rings. The van der Waals surface area contributed by atoms with Gasteiger partial charge in [0.1, 0.15) is 18.1 Å². The standard InChI is InChI=1S/C31H46N12O5/c1-17(2)25(42-28(46)23(39-18(3)44)5-4-14-37-30(33)34)29(47)41-24(15-19-8-12-22(13-9-19)40-31(35)36)27(45)38-16-20-6-10-21(11-7-20)26(32)43-48/h6-13,17,23-25,48H,4-5,14-16H2,1-3H3,(H2,32,43)(H,38,45)(H,39,44)(H,41,47)(H,42,46)(H4,33,34,37)(H4,35,36,40). The van der Waals surface area contributed by atoms with Crippen molar-refractivity contribution in [3.8, 4) is 0 Å². The molecule has 3 atom stereocenters. The minimum atomic E-state index is -1.05. The summed E-state index contributed by atoms with van der Waals surface area (Å²) >= 11 is 0. The van der Waals surface area contributed by atoms with Crippen LogP contribution in [0.3, 0.4) is 0 Å². The summed E-state index contributed by atoms with van der Waals surface area (Å²) in [5, 5.41) is 22.8. The van der Waals surface area contributed by atoms with Crippen molar-refractivity contribution in [2.75, 3.05) is 6.54 Å². The van der Waals surface area contributed by atoms with Gasteiger partial charge in [-0.2, -0.15) is 0 Å². The second-order valence-electron chi connectivity index (χ2n) is 11.3. The third kappa shape index (κ3) is 13.2. The number of nitrogens with two attached hydrogens (primary N) is 5. The number of benzene rings is 2. The van der Waals surface area contributed by atoms with Crippen LogP contribution in [0.4, 0.5) is 5.69 Å². The number of oxime groups is 1. The van der Waals surface area contributed by atoms with Crippen molar-refractivity contribution in [3.05, 3.63) is 65.2 Å². The van der Waals surface area contributed by atoms with Gasteiger partial charge in [-0.3, -0.25) is 24.2 Å². The van der Waals surface area contributed by atoms with Crippen LogP contribution in [0.25, 0.3) is 0 Å². The summed E-state index contributed by atoms with van der Waals surface area (Å²) in [5.74, 6) is -2.72. The largest absolute Gasteiger partial charge is 0.409 e. The molecule has 0 aromatic heterocycles. The Kier molecular flexibility index (Phi) is 15.1. The van der Waals surface area contributed by atoms with Crippen LogP contribution in [-0.4, -0.2) is 71.3 Å². The molecule has 2 rings (SSSR count). The van der Waals surface area contributed by atoms with Gasteiger partial charge in [0.15, 0.2) is 17.8 Å². The lowest BCUT2D eigenvalue weighted by Crippen LogP contribution is -2.58. The zero-order chi connectivity index (χ0) is 35.8. The molecule has 15 N–H and O–H groups in total. The first-order chi connectivity index (χ1) is 22.7. The van der Waals surface area contributed by atoms with Gasteiger partial charge in [0.25, 0.3) is 0 Å². The molecule has 2 aromatic carbocycles. The summed E-state index contributed by atoms with van der Waals surface area (Å²) in [7, 11) is 0. The Bertz CT molecular complexity index is 1480. The summed E-state index contributed by atoms with van der Waals surface area (Å²) in [6, 6.07) is 10.4. The van der Waals surface area contributed by atoms with E-state index in [9.17, 15) is 19.2 Å². The number of amidine groups is 1. The molecule has 2 aromatic rings. The van der Waals surface area contributed by atoms with Crippen LogP contribution < -0.4 is 49.9 Å². The minimum absolute atomic E-state index is 0.0552. The highest BCUT2D eigenvalue weighted by Crippen LogP contribution is 2.15. The highest BCUT2D eigenvalue weighted by molar-refractivity contribution is 5.97. The number of carbonyl (C=O) groups is 4. The van der Waals surface area contributed by atoms with Gasteiger partial charge >= 0.3 is 0 Å². The lowest BCUT2D eigenvalue weighted by molar-refractivity contribution is -0.134.